The van der Waals surface area contributed by atoms with Crippen molar-refractivity contribution >= 4 is 11.9 Å². The first kappa shape index (κ1) is 20.5. The van der Waals surface area contributed by atoms with Gasteiger partial charge in [0, 0.05) is 45.0 Å². The van der Waals surface area contributed by atoms with E-state index in [0.29, 0.717) is 18.4 Å². The Balaban J connectivity index is 1.13. The second-order valence-corrected chi connectivity index (χ2v) is 8.96. The molecule has 7 nitrogen and oxygen atoms in total. The molecule has 1 spiro atoms. The molecular weight excluding hydrogens is 366 g/mol. The zero-order valence-electron chi connectivity index (χ0n) is 17.5. The van der Waals surface area contributed by atoms with E-state index in [0.717, 1.165) is 64.5 Å². The molecule has 1 amide bonds. The Labute approximate surface area is 174 Å². The molecule has 3 fully saturated rings. The first-order valence-corrected chi connectivity index (χ1v) is 11.4. The Kier molecular flexibility index (Phi) is 6.98. The molecule has 1 atom stereocenters. The molecule has 4 rings (SSSR count). The van der Waals surface area contributed by atoms with Crippen LogP contribution in [0.1, 0.15) is 51.4 Å². The van der Waals surface area contributed by atoms with Crippen molar-refractivity contribution in [2.75, 3.05) is 50.8 Å². The zero-order valence-corrected chi connectivity index (χ0v) is 17.5. The number of amides is 1. The van der Waals surface area contributed by atoms with Crippen molar-refractivity contribution in [3.63, 3.8) is 0 Å². The van der Waals surface area contributed by atoms with Crippen LogP contribution in [-0.4, -0.2) is 72.8 Å². The minimum atomic E-state index is 0.162. The average molecular weight is 402 g/mol. The van der Waals surface area contributed by atoms with E-state index in [-0.39, 0.29) is 12.0 Å². The molecule has 0 radical (unpaired) electrons. The third-order valence-corrected chi connectivity index (χ3v) is 6.91. The minimum Gasteiger partial charge on any atom is -0.376 e. The Morgan fingerprint density at radius 1 is 1.10 bits per heavy atom. The zero-order chi connectivity index (χ0) is 19.9. The summed E-state index contributed by atoms with van der Waals surface area (Å²) in [5.41, 5.74) is 0.292. The first-order chi connectivity index (χ1) is 14.2. The predicted octanol–water partition coefficient (Wildman–Crippen LogP) is 2.23. The van der Waals surface area contributed by atoms with Crippen molar-refractivity contribution in [1.29, 1.82) is 0 Å². The molecule has 1 unspecified atom stereocenters. The molecule has 0 saturated carbocycles. The molecule has 3 aliphatic heterocycles. The van der Waals surface area contributed by atoms with Gasteiger partial charge in [-0.25, -0.2) is 9.97 Å². The van der Waals surface area contributed by atoms with Gasteiger partial charge in [-0.2, -0.15) is 0 Å². The smallest absolute Gasteiger partial charge is 0.225 e. The van der Waals surface area contributed by atoms with Gasteiger partial charge >= 0.3 is 0 Å². The number of hydrogen-bond donors (Lipinski definition) is 1. The molecular formula is C22H35N5O2. The summed E-state index contributed by atoms with van der Waals surface area (Å²) < 4.78 is 6.18. The Hall–Kier alpha value is -1.73. The van der Waals surface area contributed by atoms with Gasteiger partial charge in [0.1, 0.15) is 0 Å². The van der Waals surface area contributed by atoms with Crippen molar-refractivity contribution in [3.8, 4) is 0 Å². The van der Waals surface area contributed by atoms with Gasteiger partial charge in [0.25, 0.3) is 0 Å². The number of carbonyl (C=O) groups excluding carboxylic acids is 1. The van der Waals surface area contributed by atoms with Crippen molar-refractivity contribution in [2.24, 2.45) is 5.41 Å². The lowest BCUT2D eigenvalue weighted by Crippen LogP contribution is -2.48. The molecule has 3 aliphatic rings. The highest BCUT2D eigenvalue weighted by molar-refractivity contribution is 5.76. The van der Waals surface area contributed by atoms with Gasteiger partial charge in [0.15, 0.2) is 0 Å². The van der Waals surface area contributed by atoms with Crippen molar-refractivity contribution in [3.05, 3.63) is 18.5 Å². The summed E-state index contributed by atoms with van der Waals surface area (Å²) in [5.74, 6) is 1.000. The van der Waals surface area contributed by atoms with Crippen LogP contribution in [0.15, 0.2) is 18.5 Å². The van der Waals surface area contributed by atoms with E-state index in [1.165, 1.54) is 25.7 Å². The quantitative estimate of drug-likeness (QED) is 0.788. The maximum absolute atomic E-state index is 12.2. The topological polar surface area (TPSA) is 70.6 Å². The van der Waals surface area contributed by atoms with Crippen LogP contribution in [-0.2, 0) is 9.53 Å². The predicted molar refractivity (Wildman–Crippen MR) is 113 cm³/mol. The molecule has 3 saturated heterocycles. The second kappa shape index (κ2) is 9.85. The van der Waals surface area contributed by atoms with E-state index in [2.05, 4.69) is 25.1 Å². The third kappa shape index (κ3) is 5.66. The second-order valence-electron chi connectivity index (χ2n) is 8.96. The standard InChI is InChI=1S/C22H35N5O2/c28-20(6-14-26-12-2-1-3-13-26)25-17-19-5-7-22(18-29-19)8-15-27(16-9-22)21-23-10-4-11-24-21/h4,10-11,19H,1-3,5-9,12-18H2,(H,25,28). The number of aromatic nitrogens is 2. The maximum Gasteiger partial charge on any atom is 0.225 e. The highest BCUT2D eigenvalue weighted by atomic mass is 16.5. The molecule has 160 valence electrons. The highest BCUT2D eigenvalue weighted by Gasteiger charge is 2.39. The number of piperidine rings is 2. The van der Waals surface area contributed by atoms with Gasteiger partial charge in [-0.3, -0.25) is 4.79 Å². The molecule has 0 bridgehead atoms. The van der Waals surface area contributed by atoms with E-state index in [4.69, 9.17) is 4.74 Å². The van der Waals surface area contributed by atoms with E-state index >= 15 is 0 Å². The van der Waals surface area contributed by atoms with Crippen LogP contribution in [0.4, 0.5) is 5.95 Å². The number of anilines is 1. The number of ether oxygens (including phenoxy) is 1. The normalized spacial score (nSPS) is 25.1. The number of hydrogen-bond acceptors (Lipinski definition) is 6. The molecule has 1 N–H and O–H groups in total. The fourth-order valence-corrected chi connectivity index (χ4v) is 4.87. The van der Waals surface area contributed by atoms with Crippen molar-refractivity contribution in [2.45, 2.75) is 57.5 Å². The average Bonchev–Trinajstić information content (AvgIpc) is 2.79. The van der Waals surface area contributed by atoms with Crippen LogP contribution in [0.3, 0.4) is 0 Å². The summed E-state index contributed by atoms with van der Waals surface area (Å²) in [4.78, 5) is 25.6. The molecule has 29 heavy (non-hydrogen) atoms. The molecule has 1 aromatic heterocycles. The van der Waals surface area contributed by atoms with Gasteiger partial charge in [-0.1, -0.05) is 6.42 Å². The van der Waals surface area contributed by atoms with Gasteiger partial charge in [0.2, 0.25) is 11.9 Å². The summed E-state index contributed by atoms with van der Waals surface area (Å²) in [6.45, 7) is 6.63. The van der Waals surface area contributed by atoms with Gasteiger partial charge in [0.05, 0.1) is 12.7 Å². The lowest BCUT2D eigenvalue weighted by Gasteiger charge is -2.45. The first-order valence-electron chi connectivity index (χ1n) is 11.4. The summed E-state index contributed by atoms with van der Waals surface area (Å²) >= 11 is 0. The third-order valence-electron chi connectivity index (χ3n) is 6.91. The van der Waals surface area contributed by atoms with E-state index in [1.807, 2.05) is 18.5 Å². The minimum absolute atomic E-state index is 0.162. The fourth-order valence-electron chi connectivity index (χ4n) is 4.87. The van der Waals surface area contributed by atoms with Gasteiger partial charge in [-0.15, -0.1) is 0 Å². The summed E-state index contributed by atoms with van der Waals surface area (Å²) in [7, 11) is 0. The van der Waals surface area contributed by atoms with Crippen LogP contribution in [0.5, 0.6) is 0 Å². The van der Waals surface area contributed by atoms with Crippen molar-refractivity contribution < 1.29 is 9.53 Å². The number of nitrogens with zero attached hydrogens (tertiary/aromatic N) is 4. The number of nitrogens with one attached hydrogen (secondary N) is 1. The maximum atomic E-state index is 12.2. The Bertz CT molecular complexity index is 632. The van der Waals surface area contributed by atoms with E-state index < -0.39 is 0 Å². The van der Waals surface area contributed by atoms with Crippen LogP contribution in [0.2, 0.25) is 0 Å². The SMILES string of the molecule is O=C(CCN1CCCCC1)NCC1CCC2(CCN(c3ncccn3)CC2)CO1. The molecule has 7 heteroatoms. The fraction of sp³-hybridized carbons (Fsp3) is 0.773. The monoisotopic (exact) mass is 401 g/mol. The lowest BCUT2D eigenvalue weighted by molar-refractivity contribution is -0.123. The molecule has 1 aromatic rings. The lowest BCUT2D eigenvalue weighted by atomic mass is 9.73. The summed E-state index contributed by atoms with van der Waals surface area (Å²) in [5, 5.41) is 3.10. The highest BCUT2D eigenvalue weighted by Crippen LogP contribution is 2.40. The Morgan fingerprint density at radius 2 is 1.86 bits per heavy atom. The van der Waals surface area contributed by atoms with E-state index in [1.54, 1.807) is 0 Å². The largest absolute Gasteiger partial charge is 0.376 e. The number of carbonyl (C=O) groups is 1. The van der Waals surface area contributed by atoms with Crippen LogP contribution >= 0.6 is 0 Å². The molecule has 0 aliphatic carbocycles. The van der Waals surface area contributed by atoms with Crippen molar-refractivity contribution in [1.82, 2.24) is 20.2 Å². The van der Waals surface area contributed by atoms with Crippen LogP contribution in [0.25, 0.3) is 0 Å². The van der Waals surface area contributed by atoms with Crippen LogP contribution < -0.4 is 10.2 Å². The van der Waals surface area contributed by atoms with Gasteiger partial charge < -0.3 is 19.9 Å². The molecule has 0 aromatic carbocycles. The van der Waals surface area contributed by atoms with Gasteiger partial charge in [-0.05, 0) is 63.1 Å². The van der Waals surface area contributed by atoms with Crippen LogP contribution in [0, 0.1) is 5.41 Å². The number of rotatable bonds is 6. The number of likely N-dealkylation sites (tertiary alicyclic amines) is 1. The Morgan fingerprint density at radius 3 is 2.55 bits per heavy atom. The molecule has 4 heterocycles. The van der Waals surface area contributed by atoms with E-state index in [9.17, 15) is 4.79 Å². The summed E-state index contributed by atoms with van der Waals surface area (Å²) in [6, 6.07) is 1.86. The summed E-state index contributed by atoms with van der Waals surface area (Å²) in [6.07, 6.45) is 12.7.